The van der Waals surface area contributed by atoms with E-state index in [2.05, 4.69) is 10.0 Å². The molecule has 0 radical (unpaired) electrons. The summed E-state index contributed by atoms with van der Waals surface area (Å²) in [6, 6.07) is 9.07. The molecule has 6 nitrogen and oxygen atoms in total. The van der Waals surface area contributed by atoms with Gasteiger partial charge in [0.25, 0.3) is 0 Å². The Kier molecular flexibility index (Phi) is 5.00. The first kappa shape index (κ1) is 15.6. The first-order valence-corrected chi connectivity index (χ1v) is 7.88. The van der Waals surface area contributed by atoms with Crippen LogP contribution in [0.3, 0.4) is 0 Å². The van der Waals surface area contributed by atoms with Gasteiger partial charge < -0.3 is 9.73 Å². The zero-order valence-corrected chi connectivity index (χ0v) is 12.4. The molecule has 21 heavy (non-hydrogen) atoms. The monoisotopic (exact) mass is 328 g/mol. The predicted octanol–water partition coefficient (Wildman–Crippen LogP) is 1.53. The van der Waals surface area contributed by atoms with Gasteiger partial charge in [-0.15, -0.1) is 0 Å². The molecule has 0 fully saturated rings. The Balaban J connectivity index is 1.86. The highest BCUT2D eigenvalue weighted by Crippen LogP contribution is 2.13. The van der Waals surface area contributed by atoms with Crippen LogP contribution < -0.4 is 10.0 Å². The van der Waals surface area contributed by atoms with Crippen molar-refractivity contribution in [2.45, 2.75) is 11.4 Å². The van der Waals surface area contributed by atoms with Gasteiger partial charge in [0.15, 0.2) is 0 Å². The second-order valence-electron chi connectivity index (χ2n) is 4.13. The largest absolute Gasteiger partial charge is 0.467 e. The first-order valence-electron chi connectivity index (χ1n) is 6.02. The van der Waals surface area contributed by atoms with E-state index >= 15 is 0 Å². The van der Waals surface area contributed by atoms with Crippen molar-refractivity contribution >= 4 is 27.5 Å². The fraction of sp³-hybridized carbons (Fsp3) is 0.154. The average molecular weight is 329 g/mol. The van der Waals surface area contributed by atoms with Gasteiger partial charge in [-0.05, 0) is 36.4 Å². The number of halogens is 1. The van der Waals surface area contributed by atoms with E-state index in [-0.39, 0.29) is 18.0 Å². The number of carbonyl (C=O) groups excluding carboxylic acids is 1. The lowest BCUT2D eigenvalue weighted by molar-refractivity contribution is -0.120. The number of nitrogens with one attached hydrogen (secondary N) is 2. The number of sulfonamides is 1. The van der Waals surface area contributed by atoms with Crippen molar-refractivity contribution in [3.05, 3.63) is 53.4 Å². The van der Waals surface area contributed by atoms with Gasteiger partial charge >= 0.3 is 0 Å². The van der Waals surface area contributed by atoms with Gasteiger partial charge in [0.2, 0.25) is 15.9 Å². The summed E-state index contributed by atoms with van der Waals surface area (Å²) in [6.07, 6.45) is 1.49. The molecule has 0 aliphatic carbocycles. The van der Waals surface area contributed by atoms with Crippen LogP contribution in [0.1, 0.15) is 5.76 Å². The summed E-state index contributed by atoms with van der Waals surface area (Å²) in [5.41, 5.74) is 0. The third kappa shape index (κ3) is 4.59. The maximum atomic E-state index is 11.9. The summed E-state index contributed by atoms with van der Waals surface area (Å²) >= 11 is 5.69. The average Bonchev–Trinajstić information content (AvgIpc) is 2.97. The molecule has 112 valence electrons. The molecule has 0 saturated heterocycles. The topological polar surface area (TPSA) is 88.4 Å². The molecule has 2 aromatic rings. The highest BCUT2D eigenvalue weighted by atomic mass is 35.5. The summed E-state index contributed by atoms with van der Waals surface area (Å²) < 4.78 is 31.1. The maximum Gasteiger partial charge on any atom is 0.241 e. The highest BCUT2D eigenvalue weighted by Gasteiger charge is 2.15. The minimum Gasteiger partial charge on any atom is -0.467 e. The molecule has 0 atom stereocenters. The van der Waals surface area contributed by atoms with Crippen molar-refractivity contribution in [2.75, 3.05) is 6.54 Å². The van der Waals surface area contributed by atoms with Crippen molar-refractivity contribution in [3.63, 3.8) is 0 Å². The third-order valence-corrected chi connectivity index (χ3v) is 4.26. The molecular weight excluding hydrogens is 316 g/mol. The zero-order chi connectivity index (χ0) is 15.3. The molecule has 0 unspecified atom stereocenters. The van der Waals surface area contributed by atoms with Crippen LogP contribution in [0.25, 0.3) is 0 Å². The Morgan fingerprint density at radius 1 is 1.19 bits per heavy atom. The van der Waals surface area contributed by atoms with E-state index in [4.69, 9.17) is 16.0 Å². The van der Waals surface area contributed by atoms with Crippen molar-refractivity contribution in [1.82, 2.24) is 10.0 Å². The van der Waals surface area contributed by atoms with Gasteiger partial charge in [-0.25, -0.2) is 13.1 Å². The normalized spacial score (nSPS) is 11.3. The Morgan fingerprint density at radius 2 is 1.90 bits per heavy atom. The van der Waals surface area contributed by atoms with Gasteiger partial charge in [0.1, 0.15) is 5.76 Å². The number of benzene rings is 1. The summed E-state index contributed by atoms with van der Waals surface area (Å²) in [5.74, 6) is 0.132. The van der Waals surface area contributed by atoms with Gasteiger partial charge in [0, 0.05) is 5.02 Å². The number of furan rings is 1. The molecule has 0 bridgehead atoms. The molecule has 0 aliphatic heterocycles. The van der Waals surface area contributed by atoms with E-state index in [1.54, 1.807) is 12.1 Å². The molecule has 0 saturated carbocycles. The van der Waals surface area contributed by atoms with Crippen molar-refractivity contribution < 1.29 is 17.6 Å². The predicted molar refractivity (Wildman–Crippen MR) is 77.2 cm³/mol. The van der Waals surface area contributed by atoms with Crippen LogP contribution in [0.4, 0.5) is 0 Å². The molecule has 2 rings (SSSR count). The van der Waals surface area contributed by atoms with Gasteiger partial charge in [-0.3, -0.25) is 4.79 Å². The molecule has 0 spiro atoms. The molecule has 1 aromatic carbocycles. The highest BCUT2D eigenvalue weighted by molar-refractivity contribution is 7.89. The standard InChI is InChI=1S/C13H13ClN2O4S/c14-10-3-5-12(6-4-10)21(18,19)16-9-13(17)15-8-11-2-1-7-20-11/h1-7,16H,8-9H2,(H,15,17). The van der Waals surface area contributed by atoms with Crippen LogP contribution in [0.5, 0.6) is 0 Å². The summed E-state index contributed by atoms with van der Waals surface area (Å²) in [7, 11) is -3.74. The van der Waals surface area contributed by atoms with Crippen LogP contribution >= 0.6 is 11.6 Å². The second-order valence-corrected chi connectivity index (χ2v) is 6.34. The third-order valence-electron chi connectivity index (χ3n) is 2.59. The fourth-order valence-electron chi connectivity index (χ4n) is 1.52. The molecular formula is C13H13ClN2O4S. The lowest BCUT2D eigenvalue weighted by atomic mass is 10.4. The van der Waals surface area contributed by atoms with Crippen LogP contribution in [0.15, 0.2) is 52.0 Å². The summed E-state index contributed by atoms with van der Waals surface area (Å²) in [5, 5.41) is 2.97. The van der Waals surface area contributed by atoms with E-state index in [9.17, 15) is 13.2 Å². The molecule has 2 N–H and O–H groups in total. The minimum atomic E-state index is -3.74. The smallest absolute Gasteiger partial charge is 0.241 e. The molecule has 0 aliphatic rings. The van der Waals surface area contributed by atoms with E-state index < -0.39 is 15.9 Å². The molecule has 1 amide bonds. The Labute approximate surface area is 127 Å². The maximum absolute atomic E-state index is 11.9. The van der Waals surface area contributed by atoms with Gasteiger partial charge in [-0.2, -0.15) is 0 Å². The van der Waals surface area contributed by atoms with Gasteiger partial charge in [0.05, 0.1) is 24.2 Å². The number of hydrogen-bond acceptors (Lipinski definition) is 4. The van der Waals surface area contributed by atoms with Crippen molar-refractivity contribution in [2.24, 2.45) is 0 Å². The van der Waals surface area contributed by atoms with Crippen molar-refractivity contribution in [3.8, 4) is 0 Å². The Hall–Kier alpha value is -1.83. The van der Waals surface area contributed by atoms with Gasteiger partial charge in [-0.1, -0.05) is 11.6 Å². The lowest BCUT2D eigenvalue weighted by Crippen LogP contribution is -2.36. The zero-order valence-electron chi connectivity index (χ0n) is 10.9. The van der Waals surface area contributed by atoms with E-state index in [0.717, 1.165) is 0 Å². The quantitative estimate of drug-likeness (QED) is 0.841. The fourth-order valence-corrected chi connectivity index (χ4v) is 2.63. The van der Waals surface area contributed by atoms with Crippen LogP contribution in [0, 0.1) is 0 Å². The Bertz CT molecular complexity index is 696. The number of carbonyl (C=O) groups is 1. The van der Waals surface area contributed by atoms with E-state index in [1.807, 2.05) is 0 Å². The SMILES string of the molecule is O=C(CNS(=O)(=O)c1ccc(Cl)cc1)NCc1ccco1. The first-order chi connectivity index (χ1) is 9.97. The number of hydrogen-bond donors (Lipinski definition) is 2. The number of amides is 1. The Morgan fingerprint density at radius 3 is 2.52 bits per heavy atom. The van der Waals surface area contributed by atoms with Crippen LogP contribution in [-0.2, 0) is 21.4 Å². The minimum absolute atomic E-state index is 0.0470. The van der Waals surface area contributed by atoms with Crippen molar-refractivity contribution in [1.29, 1.82) is 0 Å². The molecule has 1 heterocycles. The molecule has 1 aromatic heterocycles. The second kappa shape index (κ2) is 6.75. The van der Waals surface area contributed by atoms with E-state index in [1.165, 1.54) is 30.5 Å². The summed E-state index contributed by atoms with van der Waals surface area (Å²) in [4.78, 5) is 11.6. The number of rotatable bonds is 6. The van der Waals surface area contributed by atoms with E-state index in [0.29, 0.717) is 10.8 Å². The van der Waals surface area contributed by atoms with Crippen LogP contribution in [-0.4, -0.2) is 20.9 Å². The molecule has 8 heteroatoms. The lowest BCUT2D eigenvalue weighted by Gasteiger charge is -2.07. The van der Waals surface area contributed by atoms with Crippen LogP contribution in [0.2, 0.25) is 5.02 Å². The summed E-state index contributed by atoms with van der Waals surface area (Å²) in [6.45, 7) is -0.153.